The monoisotopic (exact) mass is 501 g/mol. The number of esters is 1. The van der Waals surface area contributed by atoms with E-state index in [-0.39, 0.29) is 44.8 Å². The van der Waals surface area contributed by atoms with Gasteiger partial charge in [0.05, 0.1) is 0 Å². The fourth-order valence-corrected chi connectivity index (χ4v) is 6.24. The van der Waals surface area contributed by atoms with Gasteiger partial charge in [-0.05, 0) is 0 Å². The van der Waals surface area contributed by atoms with Gasteiger partial charge in [-0.15, -0.1) is 0 Å². The molecule has 0 saturated carbocycles. The Hall–Kier alpha value is -3.09. The molecule has 8 heteroatoms. The predicted octanol–water partition coefficient (Wildman–Crippen LogP) is 2.04. The summed E-state index contributed by atoms with van der Waals surface area (Å²) in [5.74, 6) is 0.664. The molecule has 0 unspecified atom stereocenters. The van der Waals surface area contributed by atoms with E-state index in [1.165, 1.54) is 19.9 Å². The Labute approximate surface area is 192 Å². The topological polar surface area (TPSA) is 82.1 Å². The van der Waals surface area contributed by atoms with Gasteiger partial charge in [0.25, 0.3) is 0 Å². The number of nitrogens with zero attached hydrogens (tertiary/aromatic N) is 1. The molecule has 2 aliphatic rings. The molecule has 0 N–H and O–H groups in total. The zero-order chi connectivity index (χ0) is 22.7. The van der Waals surface area contributed by atoms with Gasteiger partial charge in [-0.25, -0.2) is 0 Å². The van der Waals surface area contributed by atoms with Crippen LogP contribution in [0.3, 0.4) is 0 Å². The summed E-state index contributed by atoms with van der Waals surface area (Å²) in [6.07, 6.45) is 2.87. The number of hydrogen-bond donors (Lipinski definition) is 0. The Bertz CT molecular complexity index is 1070. The van der Waals surface area contributed by atoms with Gasteiger partial charge >= 0.3 is 192 Å². The molecule has 1 saturated heterocycles. The van der Waals surface area contributed by atoms with E-state index in [4.69, 9.17) is 14.2 Å². The Morgan fingerprint density at radius 3 is 2.56 bits per heavy atom. The second-order valence-corrected chi connectivity index (χ2v) is 10.0. The number of allylic oxidation sites excluding steroid dienone is 1. The van der Waals surface area contributed by atoms with Crippen molar-refractivity contribution in [1.29, 1.82) is 0 Å². The van der Waals surface area contributed by atoms with Gasteiger partial charge in [-0.1, -0.05) is 0 Å². The van der Waals surface area contributed by atoms with Crippen molar-refractivity contribution in [3.63, 3.8) is 0 Å². The first-order chi connectivity index (χ1) is 15.4. The number of fused-ring (bicyclic) bond motifs is 1. The van der Waals surface area contributed by atoms with Crippen molar-refractivity contribution in [2.24, 2.45) is 0 Å². The number of carbonyl (C=O) groups excluding carboxylic acids is 3. The zero-order valence-corrected chi connectivity index (χ0v) is 19.5. The summed E-state index contributed by atoms with van der Waals surface area (Å²) in [6.45, 7) is 3.28. The van der Waals surface area contributed by atoms with Gasteiger partial charge in [-0.2, -0.15) is 0 Å². The predicted molar refractivity (Wildman–Crippen MR) is 119 cm³/mol. The molecule has 1 amide bonds. The van der Waals surface area contributed by atoms with E-state index in [0.29, 0.717) is 18.0 Å². The van der Waals surface area contributed by atoms with Crippen molar-refractivity contribution in [3.8, 4) is 11.5 Å². The number of likely N-dealkylation sites (tertiary alicyclic amines) is 1. The second kappa shape index (κ2) is 9.59. The van der Waals surface area contributed by atoms with Crippen LogP contribution in [0.1, 0.15) is 31.4 Å². The average Bonchev–Trinajstić information content (AvgIpc) is 3.31. The van der Waals surface area contributed by atoms with E-state index in [1.54, 1.807) is 11.0 Å². The van der Waals surface area contributed by atoms with Gasteiger partial charge in [0.1, 0.15) is 0 Å². The summed E-state index contributed by atoms with van der Waals surface area (Å²) in [5.41, 5.74) is 1.61. The van der Waals surface area contributed by atoms with Crippen LogP contribution >= 0.6 is 0 Å². The third-order valence-electron chi connectivity index (χ3n) is 5.11. The fraction of sp³-hybridized carbons (Fsp3) is 0.292. The Morgan fingerprint density at radius 1 is 1.16 bits per heavy atom. The normalized spacial score (nSPS) is 19.6. The minimum absolute atomic E-state index is 0.0711. The fourth-order valence-electron chi connectivity index (χ4n) is 3.68. The first-order valence-corrected chi connectivity index (χ1v) is 12.0. The summed E-state index contributed by atoms with van der Waals surface area (Å²) in [6, 6.07) is 13.6. The van der Waals surface area contributed by atoms with E-state index in [9.17, 15) is 14.4 Å². The molecule has 0 aromatic heterocycles. The molecular weight excluding hydrogens is 477 g/mol. The third kappa shape index (κ3) is 5.03. The summed E-state index contributed by atoms with van der Waals surface area (Å²) in [5, 5.41) is 0. The van der Waals surface area contributed by atoms with Crippen LogP contribution < -0.4 is 13.9 Å². The molecule has 0 aliphatic carbocycles. The van der Waals surface area contributed by atoms with Crippen molar-refractivity contribution in [2.75, 3.05) is 6.79 Å². The quantitative estimate of drug-likeness (QED) is 0.329. The van der Waals surface area contributed by atoms with Gasteiger partial charge < -0.3 is 0 Å². The molecule has 0 bridgehead atoms. The number of hydrogen-bond acceptors (Lipinski definition) is 6. The summed E-state index contributed by atoms with van der Waals surface area (Å²) < 4.78 is 17.6. The van der Waals surface area contributed by atoms with Crippen LogP contribution in [0.5, 0.6) is 11.5 Å². The van der Waals surface area contributed by atoms with Gasteiger partial charge in [-0.3, -0.25) is 0 Å². The van der Waals surface area contributed by atoms with Crippen LogP contribution in [0.15, 0.2) is 48.5 Å². The molecule has 2 aromatic carbocycles. The maximum absolute atomic E-state index is 13.0. The first-order valence-electron chi connectivity index (χ1n) is 10.2. The Morgan fingerprint density at radius 2 is 1.88 bits per heavy atom. The van der Waals surface area contributed by atoms with E-state index >= 15 is 0 Å². The van der Waals surface area contributed by atoms with Gasteiger partial charge in [0, 0.05) is 0 Å². The van der Waals surface area contributed by atoms with Crippen molar-refractivity contribution in [1.82, 2.24) is 4.90 Å². The summed E-state index contributed by atoms with van der Waals surface area (Å²) in [7, 11) is 0. The standard InChI is InChI=1S/C24H23NO6Se/c1-15(26)8-9-17-10-20-21(30-14-29-20)11-18(17)13-25-23(28)12-22(31-16(2)27)24(25)32-19-6-4-3-5-7-19/h3-11,22,24H,12-14H2,1-2H3/b9-8+/t22-,24+/m0/s1. The molecule has 0 radical (unpaired) electrons. The summed E-state index contributed by atoms with van der Waals surface area (Å²) in [4.78, 5) is 37.7. The van der Waals surface area contributed by atoms with Gasteiger partial charge in [0.2, 0.25) is 0 Å². The summed E-state index contributed by atoms with van der Waals surface area (Å²) >= 11 is -0.126. The van der Waals surface area contributed by atoms with E-state index in [1.807, 2.05) is 42.5 Å². The van der Waals surface area contributed by atoms with Crippen LogP contribution in [0.2, 0.25) is 0 Å². The zero-order valence-electron chi connectivity index (χ0n) is 17.8. The number of benzene rings is 2. The molecule has 2 heterocycles. The molecule has 32 heavy (non-hydrogen) atoms. The number of rotatable bonds is 7. The molecule has 7 nitrogen and oxygen atoms in total. The first kappa shape index (κ1) is 22.1. The van der Waals surface area contributed by atoms with E-state index in [2.05, 4.69) is 0 Å². The molecule has 0 spiro atoms. The minimum atomic E-state index is -0.495. The Kier molecular flexibility index (Phi) is 6.63. The molecule has 2 atom stereocenters. The van der Waals surface area contributed by atoms with Crippen LogP contribution in [0.4, 0.5) is 0 Å². The van der Waals surface area contributed by atoms with Crippen LogP contribution in [-0.4, -0.2) is 55.4 Å². The average molecular weight is 500 g/mol. The number of ketones is 1. The van der Waals surface area contributed by atoms with Crippen molar-refractivity contribution < 1.29 is 28.6 Å². The van der Waals surface area contributed by atoms with Crippen LogP contribution in [-0.2, 0) is 25.7 Å². The molecule has 2 aromatic rings. The van der Waals surface area contributed by atoms with Gasteiger partial charge in [0.15, 0.2) is 0 Å². The van der Waals surface area contributed by atoms with Crippen LogP contribution in [0.25, 0.3) is 6.08 Å². The van der Waals surface area contributed by atoms with Crippen molar-refractivity contribution in [2.45, 2.75) is 37.9 Å². The number of amides is 1. The number of carbonyl (C=O) groups is 3. The Balaban J connectivity index is 1.67. The van der Waals surface area contributed by atoms with E-state index in [0.717, 1.165) is 15.6 Å². The molecule has 1 fully saturated rings. The number of ether oxygens (including phenoxy) is 3. The molecular formula is C24H23NO6Se. The molecule has 2 aliphatic heterocycles. The van der Waals surface area contributed by atoms with E-state index < -0.39 is 12.1 Å². The van der Waals surface area contributed by atoms with Crippen LogP contribution in [0, 0.1) is 0 Å². The maximum atomic E-state index is 13.0. The SMILES string of the molecule is CC(=O)/C=C/c1cc2c(cc1CN1C(=O)C[C@H](OC(C)=O)[C@H]1[Se]c1ccccc1)OCO2. The molecule has 166 valence electrons. The third-order valence-corrected chi connectivity index (χ3v) is 7.93. The van der Waals surface area contributed by atoms with Crippen molar-refractivity contribution >= 4 is 43.2 Å². The second-order valence-electron chi connectivity index (χ2n) is 7.54. The van der Waals surface area contributed by atoms with Crippen molar-refractivity contribution in [3.05, 3.63) is 59.7 Å². The molecule has 4 rings (SSSR count).